The normalized spacial score (nSPS) is 11.8. The molecule has 1 aromatic rings. The molecule has 0 radical (unpaired) electrons. The minimum absolute atomic E-state index is 0.00663. The predicted octanol–water partition coefficient (Wildman–Crippen LogP) is 7.90. The second-order valence-electron chi connectivity index (χ2n) is 8.24. The van der Waals surface area contributed by atoms with Gasteiger partial charge in [0.1, 0.15) is 0 Å². The van der Waals surface area contributed by atoms with E-state index in [1.54, 1.807) is 0 Å². The minimum atomic E-state index is -0.181. The fourth-order valence-corrected chi connectivity index (χ4v) is 3.48. The van der Waals surface area contributed by atoms with Crippen LogP contribution in [-0.2, 0) is 4.79 Å². The van der Waals surface area contributed by atoms with Crippen molar-refractivity contribution in [2.24, 2.45) is 0 Å². The zero-order valence-electron chi connectivity index (χ0n) is 19.4. The van der Waals surface area contributed by atoms with Gasteiger partial charge >= 0.3 is 0 Å². The van der Waals surface area contributed by atoms with Gasteiger partial charge in [-0.15, -0.1) is 0 Å². The summed E-state index contributed by atoms with van der Waals surface area (Å²) in [6.07, 6.45) is 22.5. The summed E-state index contributed by atoms with van der Waals surface area (Å²) >= 11 is 0. The summed E-state index contributed by atoms with van der Waals surface area (Å²) in [5.74, 6) is 5.56. The lowest BCUT2D eigenvalue weighted by Crippen LogP contribution is -2.24. The molecule has 166 valence electrons. The van der Waals surface area contributed by atoms with E-state index in [0.717, 1.165) is 18.4 Å². The second kappa shape index (κ2) is 19.0. The van der Waals surface area contributed by atoms with E-state index in [0.29, 0.717) is 0 Å². The van der Waals surface area contributed by atoms with Crippen LogP contribution in [0.4, 0.5) is 0 Å². The van der Waals surface area contributed by atoms with Gasteiger partial charge in [-0.25, -0.2) is 0 Å². The third-order valence-corrected chi connectivity index (χ3v) is 5.41. The van der Waals surface area contributed by atoms with Crippen LogP contribution in [0.2, 0.25) is 0 Å². The highest BCUT2D eigenvalue weighted by molar-refractivity contribution is 5.93. The third-order valence-electron chi connectivity index (χ3n) is 5.41. The Bertz CT molecular complexity index is 623. The number of unbranched alkanes of at least 4 members (excludes halogenated alkanes) is 12. The monoisotopic (exact) mass is 409 g/mol. The van der Waals surface area contributed by atoms with Gasteiger partial charge in [0.25, 0.3) is 5.91 Å². The van der Waals surface area contributed by atoms with E-state index in [1.165, 1.54) is 77.0 Å². The van der Waals surface area contributed by atoms with Gasteiger partial charge in [0.05, 0.1) is 6.04 Å². The minimum Gasteiger partial charge on any atom is -0.339 e. The topological polar surface area (TPSA) is 29.1 Å². The highest BCUT2D eigenvalue weighted by atomic mass is 16.1. The second-order valence-corrected chi connectivity index (χ2v) is 8.24. The number of benzene rings is 1. The number of hydrogen-bond donors (Lipinski definition) is 1. The molecule has 1 aromatic carbocycles. The number of carbonyl (C=O) groups is 1. The first kappa shape index (κ1) is 26.0. The molecule has 0 bridgehead atoms. The maximum atomic E-state index is 11.9. The Kier molecular flexibility index (Phi) is 16.5. The Hall–Kier alpha value is -2.01. The molecule has 0 spiro atoms. The average molecular weight is 410 g/mol. The van der Waals surface area contributed by atoms with Crippen molar-refractivity contribution in [3.63, 3.8) is 0 Å². The maximum absolute atomic E-state index is 11.9. The molecule has 0 aromatic heterocycles. The van der Waals surface area contributed by atoms with E-state index in [9.17, 15) is 4.79 Å². The molecule has 0 fully saturated rings. The highest BCUT2D eigenvalue weighted by Gasteiger charge is 2.06. The molecule has 2 nitrogen and oxygen atoms in total. The van der Waals surface area contributed by atoms with E-state index < -0.39 is 0 Å². The van der Waals surface area contributed by atoms with Crippen LogP contribution in [0.5, 0.6) is 0 Å². The van der Waals surface area contributed by atoms with Gasteiger partial charge < -0.3 is 5.32 Å². The van der Waals surface area contributed by atoms with Crippen molar-refractivity contribution in [3.05, 3.63) is 48.0 Å². The molecule has 1 amide bonds. The van der Waals surface area contributed by atoms with Crippen molar-refractivity contribution in [1.82, 2.24) is 5.32 Å². The van der Waals surface area contributed by atoms with Gasteiger partial charge in [0.2, 0.25) is 0 Å². The summed E-state index contributed by atoms with van der Waals surface area (Å²) < 4.78 is 0. The van der Waals surface area contributed by atoms with Gasteiger partial charge in [0.15, 0.2) is 0 Å². The largest absolute Gasteiger partial charge is 0.339 e. The van der Waals surface area contributed by atoms with Gasteiger partial charge in [-0.1, -0.05) is 107 Å². The first-order valence-corrected chi connectivity index (χ1v) is 12.2. The molecule has 0 saturated carbocycles. The van der Waals surface area contributed by atoms with Crippen LogP contribution >= 0.6 is 0 Å². The first-order chi connectivity index (χ1) is 14.7. The molecule has 1 atom stereocenters. The van der Waals surface area contributed by atoms with Crippen LogP contribution in [0.25, 0.3) is 0 Å². The average Bonchev–Trinajstić information content (AvgIpc) is 2.76. The lowest BCUT2D eigenvalue weighted by Gasteiger charge is -2.11. The Labute approximate surface area is 185 Å². The van der Waals surface area contributed by atoms with Crippen LogP contribution < -0.4 is 5.32 Å². The molecule has 0 aliphatic rings. The Morgan fingerprint density at radius 2 is 1.43 bits per heavy atom. The third kappa shape index (κ3) is 14.9. The zero-order chi connectivity index (χ0) is 21.7. The summed E-state index contributed by atoms with van der Waals surface area (Å²) in [6, 6.07) is 9.97. The Balaban J connectivity index is 1.92. The van der Waals surface area contributed by atoms with Crippen LogP contribution in [0.3, 0.4) is 0 Å². The highest BCUT2D eigenvalue weighted by Crippen LogP contribution is 2.11. The number of hydrogen-bond acceptors (Lipinski definition) is 1. The number of carbonyl (C=O) groups excluding carboxylic acids is 1. The van der Waals surface area contributed by atoms with E-state index in [1.807, 2.05) is 37.3 Å². The summed E-state index contributed by atoms with van der Waals surface area (Å²) in [6.45, 7) is 4.26. The van der Waals surface area contributed by atoms with Gasteiger partial charge in [-0.3, -0.25) is 4.79 Å². The summed E-state index contributed by atoms with van der Waals surface area (Å²) in [5.41, 5.74) is 1.10. The summed E-state index contributed by atoms with van der Waals surface area (Å²) in [5, 5.41) is 2.93. The molecule has 30 heavy (non-hydrogen) atoms. The molecule has 0 heterocycles. The van der Waals surface area contributed by atoms with E-state index in [-0.39, 0.29) is 11.9 Å². The van der Waals surface area contributed by atoms with E-state index in [4.69, 9.17) is 0 Å². The van der Waals surface area contributed by atoms with Crippen LogP contribution in [-0.4, -0.2) is 5.91 Å². The number of nitrogens with one attached hydrogen (secondary N) is 1. The Morgan fingerprint density at radius 3 is 2.07 bits per heavy atom. The molecule has 0 aliphatic heterocycles. The quantitative estimate of drug-likeness (QED) is 0.168. The predicted molar refractivity (Wildman–Crippen MR) is 130 cm³/mol. The van der Waals surface area contributed by atoms with Crippen molar-refractivity contribution < 1.29 is 4.79 Å². The van der Waals surface area contributed by atoms with Crippen molar-refractivity contribution in [2.75, 3.05) is 0 Å². The molecule has 2 heteroatoms. The Morgan fingerprint density at radius 1 is 0.867 bits per heavy atom. The smallest absolute Gasteiger partial charge is 0.296 e. The summed E-state index contributed by atoms with van der Waals surface area (Å²) in [4.78, 5) is 11.9. The maximum Gasteiger partial charge on any atom is 0.296 e. The molecular weight excluding hydrogens is 366 g/mol. The zero-order valence-corrected chi connectivity index (χ0v) is 19.4. The molecule has 1 N–H and O–H groups in total. The number of amides is 1. The SMILES string of the molecule is CCCCCCCCC=CCCCCCCCC#CC(=O)NC(C)c1ccccc1. The molecule has 0 saturated heterocycles. The van der Waals surface area contributed by atoms with Crippen molar-refractivity contribution in [2.45, 2.75) is 110 Å². The van der Waals surface area contributed by atoms with Crippen LogP contribution in [0.1, 0.15) is 115 Å². The van der Waals surface area contributed by atoms with Gasteiger partial charge in [0, 0.05) is 6.42 Å². The molecule has 1 unspecified atom stereocenters. The van der Waals surface area contributed by atoms with Crippen molar-refractivity contribution in [1.29, 1.82) is 0 Å². The van der Waals surface area contributed by atoms with Crippen molar-refractivity contribution >= 4 is 5.91 Å². The summed E-state index contributed by atoms with van der Waals surface area (Å²) in [7, 11) is 0. The number of allylic oxidation sites excluding steroid dienone is 2. The molecule has 1 rings (SSSR count). The lowest BCUT2D eigenvalue weighted by molar-refractivity contribution is -0.116. The molecule has 0 aliphatic carbocycles. The van der Waals surface area contributed by atoms with Crippen molar-refractivity contribution in [3.8, 4) is 11.8 Å². The fourth-order valence-electron chi connectivity index (χ4n) is 3.48. The lowest BCUT2D eigenvalue weighted by atomic mass is 10.1. The van der Waals surface area contributed by atoms with Gasteiger partial charge in [-0.2, -0.15) is 0 Å². The molecular formula is C28H43NO. The number of rotatable bonds is 16. The van der Waals surface area contributed by atoms with E-state index >= 15 is 0 Å². The van der Waals surface area contributed by atoms with Crippen LogP contribution in [0.15, 0.2) is 42.5 Å². The van der Waals surface area contributed by atoms with Gasteiger partial charge in [-0.05, 0) is 50.5 Å². The van der Waals surface area contributed by atoms with Crippen LogP contribution in [0, 0.1) is 11.8 Å². The fraction of sp³-hybridized carbons (Fsp3) is 0.607. The standard InChI is InChI=1S/C28H43NO/c1-3-4-5-6-7-8-9-10-11-12-13-14-15-16-17-18-22-25-28(30)29-26(2)27-23-20-19-21-24-27/h10-11,19-21,23-24,26H,3-9,12-18H2,1-2H3,(H,29,30). The van der Waals surface area contributed by atoms with E-state index in [2.05, 4.69) is 36.2 Å². The first-order valence-electron chi connectivity index (χ1n) is 12.2.